The maximum absolute atomic E-state index is 5.78. The summed E-state index contributed by atoms with van der Waals surface area (Å²) in [7, 11) is 6.77. The Morgan fingerprint density at radius 2 is 1.68 bits per heavy atom. The number of aromatic amines is 1. The summed E-state index contributed by atoms with van der Waals surface area (Å²) in [5.41, 5.74) is 3.65. The van der Waals surface area contributed by atoms with Crippen molar-refractivity contribution in [2.24, 2.45) is 0 Å². The molecule has 218 valence electrons. The van der Waals surface area contributed by atoms with Crippen molar-refractivity contribution in [2.45, 2.75) is 49.1 Å². The molecule has 0 atom stereocenters. The molecular formula is C29H36N6O5S. The van der Waals surface area contributed by atoms with Crippen LogP contribution in [-0.4, -0.2) is 67.9 Å². The number of benzene rings is 2. The zero-order valence-corrected chi connectivity index (χ0v) is 24.6. The first kappa shape index (κ1) is 27.6. The van der Waals surface area contributed by atoms with E-state index in [2.05, 4.69) is 42.4 Å². The molecule has 12 heteroatoms. The van der Waals surface area contributed by atoms with Gasteiger partial charge in [0, 0.05) is 50.5 Å². The minimum absolute atomic E-state index is 0.354. The summed E-state index contributed by atoms with van der Waals surface area (Å²) in [6, 6.07) is 9.95. The number of fused-ring (bicyclic) bond motifs is 1. The van der Waals surface area contributed by atoms with Gasteiger partial charge in [-0.3, -0.25) is 10.00 Å². The summed E-state index contributed by atoms with van der Waals surface area (Å²) in [6.07, 6.45) is 4.85. The van der Waals surface area contributed by atoms with E-state index in [1.807, 2.05) is 18.2 Å². The van der Waals surface area contributed by atoms with Crippen LogP contribution in [-0.2, 0) is 11.3 Å². The van der Waals surface area contributed by atoms with Crippen molar-refractivity contribution in [3.05, 3.63) is 41.6 Å². The summed E-state index contributed by atoms with van der Waals surface area (Å²) in [5, 5.41) is 15.9. The third-order valence-electron chi connectivity index (χ3n) is 7.71. The molecule has 0 spiro atoms. The van der Waals surface area contributed by atoms with E-state index in [0.717, 1.165) is 77.0 Å². The van der Waals surface area contributed by atoms with E-state index in [1.54, 1.807) is 28.4 Å². The van der Waals surface area contributed by atoms with Crippen LogP contribution in [0.4, 0.5) is 17.3 Å². The molecule has 0 amide bonds. The van der Waals surface area contributed by atoms with Gasteiger partial charge in [0.25, 0.3) is 0 Å². The lowest BCUT2D eigenvalue weighted by Crippen LogP contribution is -2.36. The van der Waals surface area contributed by atoms with Gasteiger partial charge in [0.15, 0.2) is 17.2 Å². The highest BCUT2D eigenvalue weighted by Crippen LogP contribution is 2.43. The first-order valence-corrected chi connectivity index (χ1v) is 14.6. The Labute approximate surface area is 243 Å². The van der Waals surface area contributed by atoms with Crippen LogP contribution in [0.2, 0.25) is 0 Å². The molecule has 1 saturated heterocycles. The largest absolute Gasteiger partial charge is 0.495 e. The number of aromatic nitrogens is 3. The summed E-state index contributed by atoms with van der Waals surface area (Å²) in [6.45, 7) is 2.83. The second-order valence-electron chi connectivity index (χ2n) is 10.4. The summed E-state index contributed by atoms with van der Waals surface area (Å²) in [4.78, 5) is 3.26. The van der Waals surface area contributed by atoms with Gasteiger partial charge in [-0.2, -0.15) is 5.10 Å². The lowest BCUT2D eigenvalue weighted by atomic mass is 10.1. The number of nitrogens with zero attached hydrogens (tertiary/aromatic N) is 3. The maximum Gasteiger partial charge on any atom is 0.187 e. The standard InChI is InChI=1S/C29H36N6O5S/c1-36-19-7-9-35(10-8-19)16-17-11-25(38-3)28(26(12-17)39-4)41-34-29-20-13-24(37-2)22(14-23(20)40-33-29)30-27-15-21(31-32-27)18-5-6-18/h11-15,18-19H,5-10,16H2,1-4H3,(H,33,34)(H2,30,31,32). The molecule has 2 aromatic carbocycles. The molecule has 11 nitrogen and oxygen atoms in total. The number of hydrogen-bond acceptors (Lipinski definition) is 11. The SMILES string of the molecule is COc1cc2c(NSc3c(OC)cc(CN4CCC(OC)CC4)cc3OC)noc2cc1Nc1cc(C2CC2)[nH]n1. The molecule has 2 aliphatic rings. The number of H-pyrrole nitrogens is 1. The fourth-order valence-electron chi connectivity index (χ4n) is 5.23. The molecule has 0 unspecified atom stereocenters. The third kappa shape index (κ3) is 6.04. The van der Waals surface area contributed by atoms with Crippen molar-refractivity contribution in [2.75, 3.05) is 51.6 Å². The molecule has 6 rings (SSSR count). The van der Waals surface area contributed by atoms with Crippen LogP contribution in [0.15, 0.2) is 39.8 Å². The third-order valence-corrected chi connectivity index (χ3v) is 8.62. The molecule has 0 bridgehead atoms. The number of piperidine rings is 1. The van der Waals surface area contributed by atoms with E-state index >= 15 is 0 Å². The molecule has 1 aliphatic carbocycles. The predicted octanol–water partition coefficient (Wildman–Crippen LogP) is 5.93. The Hall–Kier alpha value is -3.61. The first-order chi connectivity index (χ1) is 20.1. The van der Waals surface area contributed by atoms with E-state index < -0.39 is 0 Å². The van der Waals surface area contributed by atoms with Crippen molar-refractivity contribution in [3.8, 4) is 17.2 Å². The van der Waals surface area contributed by atoms with Crippen LogP contribution in [0, 0.1) is 0 Å². The molecule has 3 heterocycles. The molecule has 1 aliphatic heterocycles. The Morgan fingerprint density at radius 3 is 2.34 bits per heavy atom. The van der Waals surface area contributed by atoms with Gasteiger partial charge in [0.05, 0.1) is 38.5 Å². The normalized spacial score (nSPS) is 16.2. The quantitative estimate of drug-likeness (QED) is 0.173. The Bertz CT molecular complexity index is 1470. The van der Waals surface area contributed by atoms with Crippen molar-refractivity contribution in [1.82, 2.24) is 20.3 Å². The highest BCUT2D eigenvalue weighted by molar-refractivity contribution is 8.00. The summed E-state index contributed by atoms with van der Waals surface area (Å²) >= 11 is 1.36. The van der Waals surface area contributed by atoms with E-state index in [0.29, 0.717) is 29.2 Å². The number of hydrogen-bond donors (Lipinski definition) is 3. The van der Waals surface area contributed by atoms with Crippen molar-refractivity contribution in [3.63, 3.8) is 0 Å². The van der Waals surface area contributed by atoms with Gasteiger partial charge in [-0.25, -0.2) is 0 Å². The second-order valence-corrected chi connectivity index (χ2v) is 11.2. The topological polar surface area (TPSA) is 119 Å². The molecule has 2 aromatic heterocycles. The van der Waals surface area contributed by atoms with Crippen LogP contribution in [0.1, 0.15) is 42.9 Å². The van der Waals surface area contributed by atoms with Gasteiger partial charge in [-0.15, -0.1) is 0 Å². The molecule has 1 saturated carbocycles. The van der Waals surface area contributed by atoms with Gasteiger partial charge in [-0.05, 0) is 61.4 Å². The maximum atomic E-state index is 5.78. The lowest BCUT2D eigenvalue weighted by molar-refractivity contribution is 0.0388. The van der Waals surface area contributed by atoms with Crippen molar-refractivity contribution >= 4 is 40.2 Å². The van der Waals surface area contributed by atoms with Gasteiger partial charge in [-0.1, -0.05) is 5.16 Å². The van der Waals surface area contributed by atoms with E-state index in [4.69, 9.17) is 23.5 Å². The van der Waals surface area contributed by atoms with Crippen LogP contribution < -0.4 is 24.2 Å². The molecule has 0 radical (unpaired) electrons. The molecule has 4 aromatic rings. The number of ether oxygens (including phenoxy) is 4. The lowest BCUT2D eigenvalue weighted by Gasteiger charge is -2.31. The average molecular weight is 581 g/mol. The van der Waals surface area contributed by atoms with E-state index in [-0.39, 0.29) is 0 Å². The fraction of sp³-hybridized carbons (Fsp3) is 0.448. The Balaban J connectivity index is 1.18. The zero-order chi connectivity index (χ0) is 28.3. The summed E-state index contributed by atoms with van der Waals surface area (Å²) in [5.74, 6) is 4.00. The van der Waals surface area contributed by atoms with E-state index in [9.17, 15) is 0 Å². The molecule has 41 heavy (non-hydrogen) atoms. The second kappa shape index (κ2) is 12.1. The molecule has 2 fully saturated rings. The number of rotatable bonds is 12. The van der Waals surface area contributed by atoms with Gasteiger partial charge in [0.2, 0.25) is 0 Å². The van der Waals surface area contributed by atoms with Crippen LogP contribution >= 0.6 is 11.9 Å². The van der Waals surface area contributed by atoms with Crippen molar-refractivity contribution < 1.29 is 23.5 Å². The van der Waals surface area contributed by atoms with Gasteiger partial charge >= 0.3 is 0 Å². The summed E-state index contributed by atoms with van der Waals surface area (Å²) < 4.78 is 31.8. The minimum Gasteiger partial charge on any atom is -0.495 e. The number of nitrogens with one attached hydrogen (secondary N) is 3. The Kier molecular flexibility index (Phi) is 8.13. The van der Waals surface area contributed by atoms with Crippen LogP contribution in [0.5, 0.6) is 17.2 Å². The van der Waals surface area contributed by atoms with Crippen LogP contribution in [0.3, 0.4) is 0 Å². The average Bonchev–Trinajstić information content (AvgIpc) is 3.63. The van der Waals surface area contributed by atoms with Gasteiger partial charge in [0.1, 0.15) is 22.1 Å². The highest BCUT2D eigenvalue weighted by Gasteiger charge is 2.26. The monoisotopic (exact) mass is 580 g/mol. The zero-order valence-electron chi connectivity index (χ0n) is 23.8. The fourth-order valence-corrected chi connectivity index (χ4v) is 6.07. The highest BCUT2D eigenvalue weighted by atomic mass is 32.2. The molecular weight excluding hydrogens is 544 g/mol. The molecule has 3 N–H and O–H groups in total. The van der Waals surface area contributed by atoms with Gasteiger partial charge < -0.3 is 33.5 Å². The van der Waals surface area contributed by atoms with E-state index in [1.165, 1.54) is 24.8 Å². The number of methoxy groups -OCH3 is 4. The minimum atomic E-state index is 0.354. The Morgan fingerprint density at radius 1 is 0.951 bits per heavy atom. The number of likely N-dealkylation sites (tertiary alicyclic amines) is 1. The van der Waals surface area contributed by atoms with Crippen molar-refractivity contribution in [1.29, 1.82) is 0 Å². The number of anilines is 3. The predicted molar refractivity (Wildman–Crippen MR) is 159 cm³/mol. The van der Waals surface area contributed by atoms with Crippen LogP contribution in [0.25, 0.3) is 11.0 Å². The first-order valence-electron chi connectivity index (χ1n) is 13.8. The smallest absolute Gasteiger partial charge is 0.187 e.